The highest BCUT2D eigenvalue weighted by molar-refractivity contribution is 6.02. The lowest BCUT2D eigenvalue weighted by Crippen LogP contribution is -2.00. The Morgan fingerprint density at radius 3 is 2.84 bits per heavy atom. The molecule has 3 rings (SSSR count). The van der Waals surface area contributed by atoms with Gasteiger partial charge in [0.1, 0.15) is 5.69 Å². The number of para-hydroxylation sites is 1. The van der Waals surface area contributed by atoms with Crippen LogP contribution in [0.1, 0.15) is 16.2 Å². The highest BCUT2D eigenvalue weighted by Crippen LogP contribution is 2.34. The number of nitrogens with zero attached hydrogens (tertiary/aromatic N) is 2. The number of H-pyrrole nitrogens is 1. The van der Waals surface area contributed by atoms with E-state index >= 15 is 0 Å². The second-order valence-corrected chi connectivity index (χ2v) is 4.47. The van der Waals surface area contributed by atoms with Crippen LogP contribution in [-0.2, 0) is 7.05 Å². The van der Waals surface area contributed by atoms with E-state index in [0.717, 1.165) is 22.2 Å². The number of fused-ring (bicyclic) bond motifs is 1. The maximum absolute atomic E-state index is 11.2. The molecule has 3 aromatic rings. The number of hydrogen-bond donors (Lipinski definition) is 2. The van der Waals surface area contributed by atoms with Crippen LogP contribution in [0.4, 0.5) is 0 Å². The smallest absolute Gasteiger partial charge is 0.354 e. The topological polar surface area (TPSA) is 70.9 Å². The van der Waals surface area contributed by atoms with Crippen LogP contribution in [0, 0.1) is 6.92 Å². The SMILES string of the molecule is Cc1c(-c2nc[nH]c2C(=O)O)c2ccccc2n1C. The summed E-state index contributed by atoms with van der Waals surface area (Å²) >= 11 is 0. The first-order chi connectivity index (χ1) is 9.11. The molecule has 0 unspecified atom stereocenters. The van der Waals surface area contributed by atoms with Gasteiger partial charge in [-0.25, -0.2) is 9.78 Å². The molecule has 0 aliphatic carbocycles. The molecule has 1 aromatic carbocycles. The lowest BCUT2D eigenvalue weighted by atomic mass is 10.1. The molecule has 5 nitrogen and oxygen atoms in total. The van der Waals surface area contributed by atoms with Gasteiger partial charge in [-0.15, -0.1) is 0 Å². The van der Waals surface area contributed by atoms with Gasteiger partial charge in [0.05, 0.1) is 6.33 Å². The summed E-state index contributed by atoms with van der Waals surface area (Å²) in [5.41, 5.74) is 3.54. The van der Waals surface area contributed by atoms with E-state index in [1.54, 1.807) is 0 Å². The summed E-state index contributed by atoms with van der Waals surface area (Å²) in [6.07, 6.45) is 1.42. The quantitative estimate of drug-likeness (QED) is 0.739. The molecule has 19 heavy (non-hydrogen) atoms. The third kappa shape index (κ3) is 1.55. The molecule has 0 aliphatic rings. The van der Waals surface area contributed by atoms with Gasteiger partial charge in [-0.05, 0) is 13.0 Å². The lowest BCUT2D eigenvalue weighted by molar-refractivity contribution is 0.0692. The van der Waals surface area contributed by atoms with Crippen molar-refractivity contribution in [1.82, 2.24) is 14.5 Å². The Kier molecular flexibility index (Phi) is 2.41. The Labute approximate surface area is 109 Å². The molecule has 0 fully saturated rings. The third-order valence-corrected chi connectivity index (χ3v) is 3.49. The number of carboxylic acid groups (broad SMARTS) is 1. The Morgan fingerprint density at radius 1 is 1.37 bits per heavy atom. The van der Waals surface area contributed by atoms with Gasteiger partial charge < -0.3 is 14.7 Å². The Bertz CT molecular complexity index is 783. The number of hydrogen-bond acceptors (Lipinski definition) is 2. The van der Waals surface area contributed by atoms with Crippen LogP contribution < -0.4 is 0 Å². The molecule has 0 bridgehead atoms. The van der Waals surface area contributed by atoms with Crippen molar-refractivity contribution in [2.75, 3.05) is 0 Å². The molecule has 0 saturated heterocycles. The van der Waals surface area contributed by atoms with Crippen molar-refractivity contribution in [3.8, 4) is 11.3 Å². The fraction of sp³-hybridized carbons (Fsp3) is 0.143. The van der Waals surface area contributed by atoms with Crippen LogP contribution in [-0.4, -0.2) is 25.6 Å². The number of benzene rings is 1. The molecule has 0 amide bonds. The maximum atomic E-state index is 11.2. The second-order valence-electron chi connectivity index (χ2n) is 4.47. The number of aromatic carboxylic acids is 1. The minimum Gasteiger partial charge on any atom is -0.477 e. The van der Waals surface area contributed by atoms with E-state index in [1.807, 2.05) is 42.8 Å². The Morgan fingerprint density at radius 2 is 2.11 bits per heavy atom. The van der Waals surface area contributed by atoms with Crippen LogP contribution in [0.25, 0.3) is 22.2 Å². The van der Waals surface area contributed by atoms with E-state index in [4.69, 9.17) is 0 Å². The van der Waals surface area contributed by atoms with Gasteiger partial charge in [-0.1, -0.05) is 18.2 Å². The molecule has 0 atom stereocenters. The molecule has 0 saturated carbocycles. The van der Waals surface area contributed by atoms with Crippen LogP contribution in [0.3, 0.4) is 0 Å². The first-order valence-electron chi connectivity index (χ1n) is 5.92. The van der Waals surface area contributed by atoms with E-state index in [-0.39, 0.29) is 5.69 Å². The van der Waals surface area contributed by atoms with Crippen molar-refractivity contribution in [2.24, 2.45) is 7.05 Å². The van der Waals surface area contributed by atoms with E-state index < -0.39 is 5.97 Å². The number of aromatic amines is 1. The Hall–Kier alpha value is -2.56. The van der Waals surface area contributed by atoms with Gasteiger partial charge in [-0.2, -0.15) is 0 Å². The summed E-state index contributed by atoms with van der Waals surface area (Å²) in [6.45, 7) is 1.97. The number of imidazole rings is 1. The highest BCUT2D eigenvalue weighted by Gasteiger charge is 2.21. The van der Waals surface area contributed by atoms with E-state index in [1.165, 1.54) is 6.33 Å². The fourth-order valence-electron chi connectivity index (χ4n) is 2.47. The van der Waals surface area contributed by atoms with Crippen molar-refractivity contribution >= 4 is 16.9 Å². The predicted octanol–water partition coefficient (Wildman–Crippen LogP) is 2.58. The fourth-order valence-corrected chi connectivity index (χ4v) is 2.47. The average molecular weight is 255 g/mol. The van der Waals surface area contributed by atoms with Gasteiger partial charge in [0, 0.05) is 29.2 Å². The molecule has 0 radical (unpaired) electrons. The molecule has 0 spiro atoms. The second kappa shape index (κ2) is 3.98. The summed E-state index contributed by atoms with van der Waals surface area (Å²) in [7, 11) is 1.97. The highest BCUT2D eigenvalue weighted by atomic mass is 16.4. The zero-order valence-corrected chi connectivity index (χ0v) is 10.6. The normalized spacial score (nSPS) is 11.1. The molecular weight excluding hydrogens is 242 g/mol. The first-order valence-corrected chi connectivity index (χ1v) is 5.92. The first kappa shape index (κ1) is 11.5. The van der Waals surface area contributed by atoms with Crippen molar-refractivity contribution in [3.63, 3.8) is 0 Å². The summed E-state index contributed by atoms with van der Waals surface area (Å²) in [6, 6.07) is 7.91. The van der Waals surface area contributed by atoms with Crippen molar-refractivity contribution < 1.29 is 9.90 Å². The van der Waals surface area contributed by atoms with Crippen molar-refractivity contribution in [2.45, 2.75) is 6.92 Å². The number of aryl methyl sites for hydroxylation is 1. The molecule has 2 aromatic heterocycles. The van der Waals surface area contributed by atoms with Gasteiger partial charge in [0.15, 0.2) is 5.69 Å². The van der Waals surface area contributed by atoms with E-state index in [9.17, 15) is 9.90 Å². The average Bonchev–Trinajstić information content (AvgIpc) is 2.95. The number of rotatable bonds is 2. The summed E-state index contributed by atoms with van der Waals surface area (Å²) < 4.78 is 2.05. The van der Waals surface area contributed by atoms with Crippen LogP contribution in [0.5, 0.6) is 0 Å². The number of nitrogens with one attached hydrogen (secondary N) is 1. The van der Waals surface area contributed by atoms with Crippen molar-refractivity contribution in [1.29, 1.82) is 0 Å². The van der Waals surface area contributed by atoms with Gasteiger partial charge in [0.2, 0.25) is 0 Å². The van der Waals surface area contributed by atoms with Gasteiger partial charge in [0.25, 0.3) is 0 Å². The summed E-state index contributed by atoms with van der Waals surface area (Å²) in [4.78, 5) is 18.1. The zero-order valence-electron chi connectivity index (χ0n) is 10.6. The summed E-state index contributed by atoms with van der Waals surface area (Å²) in [5, 5.41) is 10.2. The molecule has 96 valence electrons. The van der Waals surface area contributed by atoms with Crippen LogP contribution in [0.2, 0.25) is 0 Å². The van der Waals surface area contributed by atoms with Crippen LogP contribution in [0.15, 0.2) is 30.6 Å². The molecule has 0 aliphatic heterocycles. The number of carbonyl (C=O) groups is 1. The predicted molar refractivity (Wildman–Crippen MR) is 72.2 cm³/mol. The molecule has 2 heterocycles. The largest absolute Gasteiger partial charge is 0.477 e. The van der Waals surface area contributed by atoms with E-state index in [0.29, 0.717) is 5.69 Å². The van der Waals surface area contributed by atoms with Gasteiger partial charge in [-0.3, -0.25) is 0 Å². The maximum Gasteiger partial charge on any atom is 0.354 e. The minimum absolute atomic E-state index is 0.124. The monoisotopic (exact) mass is 255 g/mol. The van der Waals surface area contributed by atoms with Crippen molar-refractivity contribution in [3.05, 3.63) is 42.0 Å². The lowest BCUT2D eigenvalue weighted by Gasteiger charge is -2.01. The standard InChI is InChI=1S/C14H13N3O2/c1-8-11(12-13(14(18)19)16-7-15-12)9-5-3-4-6-10(9)17(8)2/h3-7H,1-2H3,(H,15,16)(H,18,19). The molecule has 2 N–H and O–H groups in total. The van der Waals surface area contributed by atoms with Crippen LogP contribution >= 0.6 is 0 Å². The third-order valence-electron chi connectivity index (χ3n) is 3.49. The zero-order chi connectivity index (χ0) is 13.6. The van der Waals surface area contributed by atoms with E-state index in [2.05, 4.69) is 9.97 Å². The summed E-state index contributed by atoms with van der Waals surface area (Å²) in [5.74, 6) is -1.00. The molecular formula is C14H13N3O2. The number of carboxylic acids is 1. The minimum atomic E-state index is -1.00. The van der Waals surface area contributed by atoms with Gasteiger partial charge >= 0.3 is 5.97 Å². The Balaban J connectivity index is 2.40. The number of aromatic nitrogens is 3. The molecule has 5 heteroatoms.